The van der Waals surface area contributed by atoms with Crippen molar-refractivity contribution in [2.24, 2.45) is 0 Å². The largest absolute Gasteiger partial charge is 0.436 e. The normalized spacial score (nSPS) is 11.2. The zero-order valence-electron chi connectivity index (χ0n) is 17.8. The van der Waals surface area contributed by atoms with Gasteiger partial charge in [0.2, 0.25) is 0 Å². The number of benzene rings is 3. The Bertz CT molecular complexity index is 1680. The first-order valence-electron chi connectivity index (χ1n) is 10.7. The lowest BCUT2D eigenvalue weighted by molar-refractivity contribution is 0.423. The van der Waals surface area contributed by atoms with Gasteiger partial charge in [-0.25, -0.2) is 18.7 Å². The third-order valence-corrected chi connectivity index (χ3v) is 5.72. The average Bonchev–Trinajstić information content (AvgIpc) is 3.19. The lowest BCUT2D eigenvalue weighted by atomic mass is 10.0. The Kier molecular flexibility index (Phi) is 4.77. The zero-order chi connectivity index (χ0) is 23.1. The molecule has 164 valence electrons. The van der Waals surface area contributed by atoms with Crippen molar-refractivity contribution >= 4 is 21.8 Å². The number of hydrogen-bond donors (Lipinski definition) is 0. The molecule has 0 aliphatic rings. The Morgan fingerprint density at radius 1 is 0.647 bits per heavy atom. The Labute approximate surface area is 193 Å². The summed E-state index contributed by atoms with van der Waals surface area (Å²) in [6.45, 7) is 0. The molecular formula is C28H17F2N3O. The van der Waals surface area contributed by atoms with Crippen molar-refractivity contribution in [2.45, 2.75) is 0 Å². The summed E-state index contributed by atoms with van der Waals surface area (Å²) < 4.78 is 35.7. The van der Waals surface area contributed by atoms with Gasteiger partial charge in [-0.3, -0.25) is 4.57 Å². The molecule has 0 saturated heterocycles. The molecule has 0 saturated carbocycles. The van der Waals surface area contributed by atoms with Crippen LogP contribution in [0.1, 0.15) is 0 Å². The van der Waals surface area contributed by atoms with Crippen LogP contribution in [0.2, 0.25) is 0 Å². The van der Waals surface area contributed by atoms with E-state index in [9.17, 15) is 8.78 Å². The van der Waals surface area contributed by atoms with Crippen LogP contribution < -0.4 is 4.74 Å². The third kappa shape index (κ3) is 3.46. The van der Waals surface area contributed by atoms with Crippen molar-refractivity contribution < 1.29 is 13.5 Å². The third-order valence-electron chi connectivity index (χ3n) is 5.72. The summed E-state index contributed by atoms with van der Waals surface area (Å²) in [5, 5.41) is 2.09. The maximum absolute atomic E-state index is 14.1. The molecule has 0 N–H and O–H groups in total. The van der Waals surface area contributed by atoms with Crippen molar-refractivity contribution in [1.82, 2.24) is 14.5 Å². The molecule has 6 heteroatoms. The van der Waals surface area contributed by atoms with Gasteiger partial charge in [0.05, 0.1) is 11.0 Å². The van der Waals surface area contributed by atoms with Crippen LogP contribution in [-0.4, -0.2) is 14.5 Å². The number of nitrogens with zero attached hydrogens (tertiary/aromatic N) is 3. The van der Waals surface area contributed by atoms with Crippen molar-refractivity contribution in [1.29, 1.82) is 0 Å². The molecular weight excluding hydrogens is 432 g/mol. The van der Waals surface area contributed by atoms with Gasteiger partial charge in [-0.05, 0) is 53.6 Å². The lowest BCUT2D eigenvalue weighted by Gasteiger charge is -2.10. The van der Waals surface area contributed by atoms with Crippen molar-refractivity contribution in [3.8, 4) is 28.6 Å². The molecule has 3 heterocycles. The molecule has 0 aliphatic heterocycles. The average molecular weight is 449 g/mol. The summed E-state index contributed by atoms with van der Waals surface area (Å²) in [5.41, 5.74) is 3.66. The molecule has 0 atom stereocenters. The van der Waals surface area contributed by atoms with Crippen LogP contribution in [0.4, 0.5) is 8.78 Å². The summed E-state index contributed by atoms with van der Waals surface area (Å²) in [6, 6.07) is 27.1. The van der Waals surface area contributed by atoms with E-state index in [4.69, 9.17) is 4.74 Å². The van der Waals surface area contributed by atoms with E-state index in [0.717, 1.165) is 32.9 Å². The maximum atomic E-state index is 14.1. The Morgan fingerprint density at radius 3 is 2.38 bits per heavy atom. The Balaban J connectivity index is 1.50. The van der Waals surface area contributed by atoms with Crippen LogP contribution in [0.5, 0.6) is 11.6 Å². The van der Waals surface area contributed by atoms with Crippen LogP contribution in [0.3, 0.4) is 0 Å². The predicted octanol–water partition coefficient (Wildman–Crippen LogP) is 7.31. The van der Waals surface area contributed by atoms with Crippen LogP contribution in [0.15, 0.2) is 103 Å². The quantitative estimate of drug-likeness (QED) is 0.283. The van der Waals surface area contributed by atoms with Gasteiger partial charge in [0, 0.05) is 29.2 Å². The number of aromatic nitrogens is 3. The summed E-state index contributed by atoms with van der Waals surface area (Å²) in [4.78, 5) is 8.37. The topological polar surface area (TPSA) is 39.9 Å². The second-order valence-electron chi connectivity index (χ2n) is 7.84. The first-order chi connectivity index (χ1) is 16.7. The molecule has 4 nitrogen and oxygen atoms in total. The van der Waals surface area contributed by atoms with Crippen LogP contribution in [0.25, 0.3) is 38.8 Å². The molecule has 0 aliphatic carbocycles. The monoisotopic (exact) mass is 449 g/mol. The molecule has 0 bridgehead atoms. The smallest absolute Gasteiger partial charge is 0.255 e. The molecule has 34 heavy (non-hydrogen) atoms. The van der Waals surface area contributed by atoms with Gasteiger partial charge < -0.3 is 4.74 Å². The number of halogens is 2. The number of rotatable bonds is 4. The van der Waals surface area contributed by atoms with Gasteiger partial charge in [0.15, 0.2) is 5.82 Å². The van der Waals surface area contributed by atoms with E-state index >= 15 is 0 Å². The molecule has 0 amide bonds. The Hall–Kier alpha value is -4.58. The van der Waals surface area contributed by atoms with E-state index in [0.29, 0.717) is 11.6 Å². The van der Waals surface area contributed by atoms with Crippen molar-refractivity contribution in [2.75, 3.05) is 0 Å². The number of fused-ring (bicyclic) bond motifs is 3. The number of pyridine rings is 2. The highest BCUT2D eigenvalue weighted by molar-refractivity contribution is 6.10. The van der Waals surface area contributed by atoms with E-state index in [2.05, 4.69) is 16.0 Å². The van der Waals surface area contributed by atoms with Crippen molar-refractivity contribution in [3.05, 3.63) is 115 Å². The summed E-state index contributed by atoms with van der Waals surface area (Å²) in [5.74, 6) is 0.0288. The van der Waals surface area contributed by atoms with Crippen LogP contribution >= 0.6 is 0 Å². The molecule has 0 unspecified atom stereocenters. The SMILES string of the molecule is Fc1ccnc(-n2c3ccccc3c3ccc(-c4cccc(Oc5ncccc5F)c4)cc32)c1. The lowest BCUT2D eigenvalue weighted by Crippen LogP contribution is -1.97. The fraction of sp³-hybridized carbons (Fsp3) is 0. The Morgan fingerprint density at radius 2 is 1.50 bits per heavy atom. The standard InChI is InChI=1S/C28H17F2N3O/c29-20-12-14-31-27(17-20)33-25-9-2-1-7-22(25)23-11-10-19(16-26(23)33)18-5-3-6-21(15-18)34-28-24(30)8-4-13-32-28/h1-17H. The summed E-state index contributed by atoms with van der Waals surface area (Å²) in [6.07, 6.45) is 2.95. The fourth-order valence-electron chi connectivity index (χ4n) is 4.21. The fourth-order valence-corrected chi connectivity index (χ4v) is 4.21. The van der Waals surface area contributed by atoms with Gasteiger partial charge in [0.25, 0.3) is 5.88 Å². The second kappa shape index (κ2) is 8.08. The highest BCUT2D eigenvalue weighted by atomic mass is 19.1. The minimum Gasteiger partial charge on any atom is -0.436 e. The molecule has 0 radical (unpaired) electrons. The minimum absolute atomic E-state index is 0.0765. The highest BCUT2D eigenvalue weighted by Gasteiger charge is 2.15. The van der Waals surface area contributed by atoms with E-state index in [1.54, 1.807) is 6.07 Å². The van der Waals surface area contributed by atoms with E-state index in [-0.39, 0.29) is 11.7 Å². The minimum atomic E-state index is -0.526. The van der Waals surface area contributed by atoms with E-state index in [1.807, 2.05) is 59.2 Å². The van der Waals surface area contributed by atoms with Crippen LogP contribution in [0, 0.1) is 11.6 Å². The second-order valence-corrected chi connectivity index (χ2v) is 7.84. The van der Waals surface area contributed by atoms with Gasteiger partial charge in [0.1, 0.15) is 17.4 Å². The predicted molar refractivity (Wildman–Crippen MR) is 128 cm³/mol. The number of para-hydroxylation sites is 1. The highest BCUT2D eigenvalue weighted by Crippen LogP contribution is 2.35. The van der Waals surface area contributed by atoms with E-state index in [1.165, 1.54) is 36.7 Å². The van der Waals surface area contributed by atoms with Gasteiger partial charge >= 0.3 is 0 Å². The molecule has 0 spiro atoms. The van der Waals surface area contributed by atoms with Gasteiger partial charge in [-0.15, -0.1) is 0 Å². The number of hydrogen-bond acceptors (Lipinski definition) is 3. The van der Waals surface area contributed by atoms with Crippen molar-refractivity contribution in [3.63, 3.8) is 0 Å². The summed E-state index contributed by atoms with van der Waals surface area (Å²) >= 11 is 0. The molecule has 3 aromatic carbocycles. The zero-order valence-corrected chi connectivity index (χ0v) is 17.8. The first kappa shape index (κ1) is 20.1. The molecule has 3 aromatic heterocycles. The van der Waals surface area contributed by atoms with Gasteiger partial charge in [-0.2, -0.15) is 0 Å². The summed E-state index contributed by atoms with van der Waals surface area (Å²) in [7, 11) is 0. The molecule has 6 rings (SSSR count). The number of ether oxygens (including phenoxy) is 1. The maximum Gasteiger partial charge on any atom is 0.255 e. The first-order valence-corrected chi connectivity index (χ1v) is 10.7. The van der Waals surface area contributed by atoms with Gasteiger partial charge in [-0.1, -0.05) is 42.5 Å². The van der Waals surface area contributed by atoms with Crippen LogP contribution in [-0.2, 0) is 0 Å². The molecule has 0 fully saturated rings. The molecule has 6 aromatic rings. The van der Waals surface area contributed by atoms with E-state index < -0.39 is 5.82 Å².